The molecular weight excluding hydrogens is 300 g/mol. The number of ether oxygens (including phenoxy) is 1. The summed E-state index contributed by atoms with van der Waals surface area (Å²) in [4.78, 5) is 14.5. The minimum atomic E-state index is 0. The standard InChI is InChI=1S/C17H30N2O2.ClH/c1-13(15-10-18-11-15)17(20)19-8-6-16(7-9-19)21-12-14-4-2-3-5-14;/h13-16,18H,2-12H2,1H3;1H. The smallest absolute Gasteiger partial charge is 0.225 e. The van der Waals surface area contributed by atoms with Gasteiger partial charge in [-0.25, -0.2) is 0 Å². The van der Waals surface area contributed by atoms with Crippen LogP contribution >= 0.6 is 12.4 Å². The number of piperidine rings is 1. The molecule has 0 aromatic heterocycles. The van der Waals surface area contributed by atoms with Crippen LogP contribution in [0.2, 0.25) is 0 Å². The van der Waals surface area contributed by atoms with Crippen LogP contribution in [0.5, 0.6) is 0 Å². The molecule has 1 atom stereocenters. The first-order chi connectivity index (χ1) is 10.2. The highest BCUT2D eigenvalue weighted by Gasteiger charge is 2.33. The molecule has 128 valence electrons. The maximum atomic E-state index is 12.5. The number of halogens is 1. The molecule has 22 heavy (non-hydrogen) atoms. The van der Waals surface area contributed by atoms with Gasteiger partial charge in [-0.3, -0.25) is 4.79 Å². The number of nitrogens with one attached hydrogen (secondary N) is 1. The van der Waals surface area contributed by atoms with Gasteiger partial charge in [0.1, 0.15) is 0 Å². The summed E-state index contributed by atoms with van der Waals surface area (Å²) in [6, 6.07) is 0. The number of carbonyl (C=O) groups is 1. The predicted octanol–water partition coefficient (Wildman–Crippen LogP) is 2.46. The lowest BCUT2D eigenvalue weighted by molar-refractivity contribution is -0.140. The van der Waals surface area contributed by atoms with E-state index in [-0.39, 0.29) is 18.3 Å². The number of likely N-dealkylation sites (tertiary alicyclic amines) is 1. The molecule has 0 aromatic rings. The van der Waals surface area contributed by atoms with Crippen LogP contribution in [0.4, 0.5) is 0 Å². The molecule has 3 fully saturated rings. The molecule has 0 bridgehead atoms. The van der Waals surface area contributed by atoms with Crippen LogP contribution in [0, 0.1) is 17.8 Å². The van der Waals surface area contributed by atoms with E-state index >= 15 is 0 Å². The van der Waals surface area contributed by atoms with Crippen LogP contribution in [0.15, 0.2) is 0 Å². The highest BCUT2D eigenvalue weighted by molar-refractivity contribution is 5.85. The Kier molecular flexibility index (Phi) is 6.97. The molecule has 1 saturated carbocycles. The number of hydrogen-bond donors (Lipinski definition) is 1. The molecule has 2 heterocycles. The number of amides is 1. The van der Waals surface area contributed by atoms with E-state index in [2.05, 4.69) is 17.1 Å². The lowest BCUT2D eigenvalue weighted by Crippen LogP contribution is -2.52. The van der Waals surface area contributed by atoms with Gasteiger partial charge >= 0.3 is 0 Å². The van der Waals surface area contributed by atoms with Crippen molar-refractivity contribution >= 4 is 18.3 Å². The molecule has 3 aliphatic rings. The second-order valence-corrected chi connectivity index (χ2v) is 7.22. The zero-order valence-corrected chi connectivity index (χ0v) is 14.6. The summed E-state index contributed by atoms with van der Waals surface area (Å²) in [5.41, 5.74) is 0. The third-order valence-electron chi connectivity index (χ3n) is 5.71. The third kappa shape index (κ3) is 4.36. The SMILES string of the molecule is CC(C(=O)N1CCC(OCC2CCCC2)CC1)C1CNC1.Cl. The highest BCUT2D eigenvalue weighted by Crippen LogP contribution is 2.27. The van der Waals surface area contributed by atoms with Crippen molar-refractivity contribution in [2.45, 2.75) is 51.6 Å². The van der Waals surface area contributed by atoms with Gasteiger partial charge in [-0.15, -0.1) is 12.4 Å². The fraction of sp³-hybridized carbons (Fsp3) is 0.941. The minimum Gasteiger partial charge on any atom is -0.378 e. The average Bonchev–Trinajstić information content (AvgIpc) is 2.96. The zero-order chi connectivity index (χ0) is 14.7. The van der Waals surface area contributed by atoms with Crippen LogP contribution in [0.1, 0.15) is 45.4 Å². The molecule has 0 aromatic carbocycles. The van der Waals surface area contributed by atoms with E-state index < -0.39 is 0 Å². The van der Waals surface area contributed by atoms with Gasteiger partial charge in [-0.05, 0) is 50.6 Å². The molecule has 4 nitrogen and oxygen atoms in total. The Bertz CT molecular complexity index is 349. The number of hydrogen-bond acceptors (Lipinski definition) is 3. The largest absolute Gasteiger partial charge is 0.378 e. The summed E-state index contributed by atoms with van der Waals surface area (Å²) >= 11 is 0. The van der Waals surface area contributed by atoms with Crippen molar-refractivity contribution < 1.29 is 9.53 Å². The van der Waals surface area contributed by atoms with E-state index in [1.807, 2.05) is 0 Å². The maximum Gasteiger partial charge on any atom is 0.225 e. The van der Waals surface area contributed by atoms with Crippen molar-refractivity contribution in [1.29, 1.82) is 0 Å². The summed E-state index contributed by atoms with van der Waals surface area (Å²) in [5, 5.41) is 3.26. The first-order valence-electron chi connectivity index (χ1n) is 8.85. The van der Waals surface area contributed by atoms with Gasteiger partial charge in [0.2, 0.25) is 5.91 Å². The molecule has 1 N–H and O–H groups in total. The van der Waals surface area contributed by atoms with E-state index in [1.165, 1.54) is 25.7 Å². The van der Waals surface area contributed by atoms with Crippen LogP contribution < -0.4 is 5.32 Å². The predicted molar refractivity (Wildman–Crippen MR) is 90.3 cm³/mol. The molecule has 3 rings (SSSR count). The maximum absolute atomic E-state index is 12.5. The van der Waals surface area contributed by atoms with Crippen LogP contribution in [0.25, 0.3) is 0 Å². The van der Waals surface area contributed by atoms with Gasteiger partial charge in [-0.2, -0.15) is 0 Å². The molecule has 1 unspecified atom stereocenters. The third-order valence-corrected chi connectivity index (χ3v) is 5.71. The molecular formula is C17H31ClN2O2. The Morgan fingerprint density at radius 1 is 1.18 bits per heavy atom. The minimum absolute atomic E-state index is 0. The Hall–Kier alpha value is -0.320. The first-order valence-corrected chi connectivity index (χ1v) is 8.85. The lowest BCUT2D eigenvalue weighted by atomic mass is 9.87. The van der Waals surface area contributed by atoms with E-state index in [9.17, 15) is 4.79 Å². The fourth-order valence-electron chi connectivity index (χ4n) is 3.85. The summed E-state index contributed by atoms with van der Waals surface area (Å²) < 4.78 is 6.09. The van der Waals surface area contributed by atoms with Crippen molar-refractivity contribution in [3.05, 3.63) is 0 Å². The highest BCUT2D eigenvalue weighted by atomic mass is 35.5. The van der Waals surface area contributed by atoms with E-state index in [0.29, 0.717) is 17.9 Å². The van der Waals surface area contributed by atoms with Gasteiger partial charge in [0.25, 0.3) is 0 Å². The van der Waals surface area contributed by atoms with E-state index in [1.54, 1.807) is 0 Å². The van der Waals surface area contributed by atoms with Crippen LogP contribution in [-0.2, 0) is 9.53 Å². The topological polar surface area (TPSA) is 41.6 Å². The van der Waals surface area contributed by atoms with E-state index in [4.69, 9.17) is 4.74 Å². The quantitative estimate of drug-likeness (QED) is 0.842. The van der Waals surface area contributed by atoms with Gasteiger partial charge < -0.3 is 15.0 Å². The summed E-state index contributed by atoms with van der Waals surface area (Å²) in [5.74, 6) is 1.89. The lowest BCUT2D eigenvalue weighted by Gasteiger charge is -2.38. The Labute approximate surface area is 140 Å². The molecule has 2 aliphatic heterocycles. The number of carbonyl (C=O) groups excluding carboxylic acids is 1. The van der Waals surface area contributed by atoms with Gasteiger partial charge in [0.05, 0.1) is 6.10 Å². The summed E-state index contributed by atoms with van der Waals surface area (Å²) in [6.07, 6.45) is 7.90. The van der Waals surface area contributed by atoms with Crippen molar-refractivity contribution in [2.24, 2.45) is 17.8 Å². The summed E-state index contributed by atoms with van der Waals surface area (Å²) in [6.45, 7) is 6.83. The van der Waals surface area contributed by atoms with Crippen molar-refractivity contribution in [3.8, 4) is 0 Å². The average molecular weight is 331 g/mol. The zero-order valence-electron chi connectivity index (χ0n) is 13.8. The normalized spacial score (nSPS) is 25.6. The van der Waals surface area contributed by atoms with E-state index in [0.717, 1.165) is 51.5 Å². The van der Waals surface area contributed by atoms with Crippen molar-refractivity contribution in [1.82, 2.24) is 10.2 Å². The second kappa shape index (κ2) is 8.51. The van der Waals surface area contributed by atoms with Crippen molar-refractivity contribution in [2.75, 3.05) is 32.8 Å². The van der Waals surface area contributed by atoms with Gasteiger partial charge in [0, 0.05) is 25.6 Å². The van der Waals surface area contributed by atoms with Crippen LogP contribution in [-0.4, -0.2) is 49.7 Å². The fourth-order valence-corrected chi connectivity index (χ4v) is 3.85. The number of nitrogens with zero attached hydrogens (tertiary/aromatic N) is 1. The van der Waals surface area contributed by atoms with Gasteiger partial charge in [0.15, 0.2) is 0 Å². The number of rotatable bonds is 5. The molecule has 0 radical (unpaired) electrons. The monoisotopic (exact) mass is 330 g/mol. The van der Waals surface area contributed by atoms with Crippen LogP contribution in [0.3, 0.4) is 0 Å². The first kappa shape index (κ1) is 18.0. The molecule has 5 heteroatoms. The molecule has 1 aliphatic carbocycles. The molecule has 0 spiro atoms. The Morgan fingerprint density at radius 3 is 2.36 bits per heavy atom. The molecule has 2 saturated heterocycles. The second-order valence-electron chi connectivity index (χ2n) is 7.22. The Morgan fingerprint density at radius 2 is 1.82 bits per heavy atom. The Balaban J connectivity index is 0.00000176. The summed E-state index contributed by atoms with van der Waals surface area (Å²) in [7, 11) is 0. The molecule has 1 amide bonds. The van der Waals surface area contributed by atoms with Crippen molar-refractivity contribution in [3.63, 3.8) is 0 Å². The van der Waals surface area contributed by atoms with Gasteiger partial charge in [-0.1, -0.05) is 19.8 Å².